The average molecular weight is 497 g/mol. The third kappa shape index (κ3) is 3.77. The van der Waals surface area contributed by atoms with E-state index in [1.807, 2.05) is 17.5 Å². The molecule has 180 valence electrons. The van der Waals surface area contributed by atoms with Crippen LogP contribution < -0.4 is 0 Å². The quantitative estimate of drug-likeness (QED) is 0.243. The first kappa shape index (κ1) is 22.4. The number of aromatic nitrogens is 2. The Hall–Kier alpha value is -3.82. The first-order valence-corrected chi connectivity index (χ1v) is 13.9. The minimum Gasteiger partial charge on any atom is -0.264 e. The molecule has 0 bridgehead atoms. The Morgan fingerprint density at radius 3 is 2.51 bits per heavy atom. The van der Waals surface area contributed by atoms with Crippen molar-refractivity contribution in [2.45, 2.75) is 33.1 Å². The summed E-state index contributed by atoms with van der Waals surface area (Å²) in [5, 5.41) is 3.82. The van der Waals surface area contributed by atoms with Gasteiger partial charge in [-0.2, -0.15) is 0 Å². The second-order valence-electron chi connectivity index (χ2n) is 10.5. The van der Waals surface area contributed by atoms with Crippen LogP contribution in [0.4, 0.5) is 0 Å². The van der Waals surface area contributed by atoms with Gasteiger partial charge in [0.2, 0.25) is 0 Å². The maximum atomic E-state index is 4.97. The van der Waals surface area contributed by atoms with Crippen molar-refractivity contribution in [2.24, 2.45) is 5.92 Å². The fourth-order valence-corrected chi connectivity index (χ4v) is 7.27. The van der Waals surface area contributed by atoms with Crippen LogP contribution in [-0.2, 0) is 19.3 Å². The SMILES string of the molecule is CC(C)Cc1cncc2c1CCc1sc3c(-c4cc(-c5ccccc5)c5ccccc5c4)nccc3c1-2. The number of rotatable bonds is 4. The smallest absolute Gasteiger partial charge is 0.0880 e. The van der Waals surface area contributed by atoms with Gasteiger partial charge >= 0.3 is 0 Å². The Balaban J connectivity index is 1.45. The number of hydrogen-bond donors (Lipinski definition) is 0. The van der Waals surface area contributed by atoms with Crippen LogP contribution in [0.2, 0.25) is 0 Å². The fraction of sp³-hybridized carbons (Fsp3) is 0.176. The summed E-state index contributed by atoms with van der Waals surface area (Å²) >= 11 is 1.92. The van der Waals surface area contributed by atoms with Gasteiger partial charge in [-0.15, -0.1) is 11.3 Å². The highest BCUT2D eigenvalue weighted by atomic mass is 32.1. The highest BCUT2D eigenvalue weighted by molar-refractivity contribution is 7.20. The maximum Gasteiger partial charge on any atom is 0.0880 e. The molecule has 0 amide bonds. The van der Waals surface area contributed by atoms with E-state index < -0.39 is 0 Å². The summed E-state index contributed by atoms with van der Waals surface area (Å²) in [6, 6.07) is 26.2. The lowest BCUT2D eigenvalue weighted by Gasteiger charge is -2.20. The highest BCUT2D eigenvalue weighted by Crippen LogP contribution is 2.47. The summed E-state index contributed by atoms with van der Waals surface area (Å²) < 4.78 is 1.28. The van der Waals surface area contributed by atoms with E-state index in [1.54, 1.807) is 0 Å². The molecule has 1 aliphatic carbocycles. The molecule has 37 heavy (non-hydrogen) atoms. The largest absolute Gasteiger partial charge is 0.264 e. The van der Waals surface area contributed by atoms with E-state index in [-0.39, 0.29) is 0 Å². The van der Waals surface area contributed by atoms with Crippen molar-refractivity contribution in [1.29, 1.82) is 0 Å². The number of hydrogen-bond acceptors (Lipinski definition) is 3. The Labute approximate surface area is 221 Å². The van der Waals surface area contributed by atoms with E-state index in [9.17, 15) is 0 Å². The molecule has 6 aromatic rings. The van der Waals surface area contributed by atoms with Gasteiger partial charge in [-0.25, -0.2) is 0 Å². The van der Waals surface area contributed by atoms with E-state index in [0.29, 0.717) is 5.92 Å². The Bertz CT molecular complexity index is 1780. The predicted octanol–water partition coefficient (Wildman–Crippen LogP) is 9.14. The molecule has 3 heteroatoms. The van der Waals surface area contributed by atoms with Crippen molar-refractivity contribution < 1.29 is 0 Å². The lowest BCUT2D eigenvalue weighted by molar-refractivity contribution is 0.640. The van der Waals surface area contributed by atoms with Crippen molar-refractivity contribution in [2.75, 3.05) is 0 Å². The molecule has 0 unspecified atom stereocenters. The number of nitrogens with zero attached hydrogens (tertiary/aromatic N) is 2. The van der Waals surface area contributed by atoms with Gasteiger partial charge in [0.15, 0.2) is 0 Å². The van der Waals surface area contributed by atoms with Crippen LogP contribution in [0.3, 0.4) is 0 Å². The number of fused-ring (bicyclic) bond motifs is 6. The van der Waals surface area contributed by atoms with Crippen molar-refractivity contribution >= 4 is 32.2 Å². The molecular formula is C34H28N2S. The van der Waals surface area contributed by atoms with E-state index in [0.717, 1.165) is 25.0 Å². The molecule has 3 heterocycles. The minimum atomic E-state index is 0.622. The van der Waals surface area contributed by atoms with Crippen molar-refractivity contribution in [1.82, 2.24) is 9.97 Å². The van der Waals surface area contributed by atoms with Crippen LogP contribution in [0, 0.1) is 5.92 Å². The molecule has 7 rings (SSSR count). The zero-order valence-corrected chi connectivity index (χ0v) is 22.0. The van der Waals surface area contributed by atoms with Crippen LogP contribution in [0.1, 0.15) is 29.9 Å². The first-order valence-electron chi connectivity index (χ1n) is 13.1. The van der Waals surface area contributed by atoms with Gasteiger partial charge in [-0.05, 0) is 76.4 Å². The van der Waals surface area contributed by atoms with Crippen molar-refractivity contribution in [3.8, 4) is 33.5 Å². The second kappa shape index (κ2) is 8.93. The van der Waals surface area contributed by atoms with E-state index in [2.05, 4.69) is 104 Å². The van der Waals surface area contributed by atoms with Gasteiger partial charge in [-0.3, -0.25) is 9.97 Å². The zero-order chi connectivity index (χ0) is 24.9. The molecule has 0 atom stereocenters. The standard InChI is InChI=1S/C34H28N2S/c1-21(2)16-25-19-35-20-30-27(25)12-13-31-32(30)28-14-15-36-33(34(28)37-31)24-17-23-10-6-7-11-26(23)29(18-24)22-8-4-3-5-9-22/h3-11,14-15,17-21H,12-13,16H2,1-2H3. The molecule has 0 spiro atoms. The van der Waals surface area contributed by atoms with E-state index in [1.165, 1.54) is 64.7 Å². The number of thiophene rings is 1. The normalized spacial score (nSPS) is 12.7. The van der Waals surface area contributed by atoms with Gasteiger partial charge in [0.25, 0.3) is 0 Å². The van der Waals surface area contributed by atoms with Crippen LogP contribution in [-0.4, -0.2) is 9.97 Å². The van der Waals surface area contributed by atoms with Crippen molar-refractivity contribution in [3.05, 3.63) is 107 Å². The predicted molar refractivity (Wildman–Crippen MR) is 157 cm³/mol. The lowest BCUT2D eigenvalue weighted by Crippen LogP contribution is -2.08. The molecule has 0 saturated heterocycles. The van der Waals surface area contributed by atoms with Gasteiger partial charge in [0.1, 0.15) is 0 Å². The molecule has 1 aliphatic rings. The number of pyridine rings is 2. The van der Waals surface area contributed by atoms with Crippen LogP contribution in [0.25, 0.3) is 54.4 Å². The molecule has 2 nitrogen and oxygen atoms in total. The Morgan fingerprint density at radius 1 is 0.811 bits per heavy atom. The Morgan fingerprint density at radius 2 is 1.65 bits per heavy atom. The molecule has 0 aliphatic heterocycles. The molecular weight excluding hydrogens is 468 g/mol. The summed E-state index contributed by atoms with van der Waals surface area (Å²) in [6.07, 6.45) is 9.43. The summed E-state index contributed by atoms with van der Waals surface area (Å²) in [7, 11) is 0. The van der Waals surface area contributed by atoms with E-state index >= 15 is 0 Å². The van der Waals surface area contributed by atoms with Crippen LogP contribution >= 0.6 is 11.3 Å². The van der Waals surface area contributed by atoms with E-state index in [4.69, 9.17) is 4.98 Å². The van der Waals surface area contributed by atoms with Gasteiger partial charge < -0.3 is 0 Å². The third-order valence-electron chi connectivity index (χ3n) is 7.54. The zero-order valence-electron chi connectivity index (χ0n) is 21.2. The summed E-state index contributed by atoms with van der Waals surface area (Å²) in [6.45, 7) is 4.58. The van der Waals surface area contributed by atoms with Crippen LogP contribution in [0.15, 0.2) is 91.4 Å². The summed E-state index contributed by atoms with van der Waals surface area (Å²) in [4.78, 5) is 11.1. The molecule has 0 radical (unpaired) electrons. The first-order chi connectivity index (χ1) is 18.2. The maximum absolute atomic E-state index is 4.97. The summed E-state index contributed by atoms with van der Waals surface area (Å²) in [5.41, 5.74) is 10.3. The second-order valence-corrected chi connectivity index (χ2v) is 11.6. The molecule has 0 N–H and O–H groups in total. The van der Waals surface area contributed by atoms with Crippen LogP contribution in [0.5, 0.6) is 0 Å². The average Bonchev–Trinajstić information content (AvgIpc) is 3.32. The third-order valence-corrected chi connectivity index (χ3v) is 8.82. The molecule has 0 fully saturated rings. The van der Waals surface area contributed by atoms with Gasteiger partial charge in [0.05, 0.1) is 10.4 Å². The molecule has 0 saturated carbocycles. The lowest BCUT2D eigenvalue weighted by atomic mass is 9.85. The number of benzene rings is 3. The topological polar surface area (TPSA) is 25.8 Å². The van der Waals surface area contributed by atoms with Crippen molar-refractivity contribution in [3.63, 3.8) is 0 Å². The summed E-state index contributed by atoms with van der Waals surface area (Å²) in [5.74, 6) is 0.622. The Kier molecular flexibility index (Phi) is 5.40. The van der Waals surface area contributed by atoms with Gasteiger partial charge in [0, 0.05) is 45.5 Å². The molecule has 3 aromatic carbocycles. The monoisotopic (exact) mass is 496 g/mol. The van der Waals surface area contributed by atoms with Gasteiger partial charge in [-0.1, -0.05) is 68.4 Å². The highest BCUT2D eigenvalue weighted by Gasteiger charge is 2.25. The number of aryl methyl sites for hydroxylation is 1. The molecule has 3 aromatic heterocycles. The minimum absolute atomic E-state index is 0.622. The fourth-order valence-electron chi connectivity index (χ4n) is 5.95.